The summed E-state index contributed by atoms with van der Waals surface area (Å²) in [6, 6.07) is 2.96. The molecule has 0 radical (unpaired) electrons. The van der Waals surface area contributed by atoms with Crippen LogP contribution in [-0.4, -0.2) is 69.6 Å². The first-order valence-electron chi connectivity index (χ1n) is 7.01. The third kappa shape index (κ3) is 5.53. The molecule has 11 heteroatoms. The lowest BCUT2D eigenvalue weighted by Gasteiger charge is -2.13. The first kappa shape index (κ1) is 20.0. The zero-order valence-electron chi connectivity index (χ0n) is 13.4. The minimum absolute atomic E-state index is 0.0661. The third-order valence-corrected chi connectivity index (χ3v) is 4.46. The maximum Gasteiger partial charge on any atom is 0.270 e. The number of rotatable bonds is 9. The standard InChI is InChI=1S/C13H20N4O6S/c1-16(2)7-5-15-24(22,23)12-9-10(17(20)21)3-4-11(12)13(19)14-6-8-18/h3-4,9,15,18H,5-8H2,1-2H3,(H,14,19). The highest BCUT2D eigenvalue weighted by molar-refractivity contribution is 7.89. The van der Waals surface area contributed by atoms with E-state index >= 15 is 0 Å². The van der Waals surface area contributed by atoms with E-state index in [9.17, 15) is 23.3 Å². The van der Waals surface area contributed by atoms with Crippen molar-refractivity contribution in [3.05, 3.63) is 33.9 Å². The van der Waals surface area contributed by atoms with Gasteiger partial charge in [-0.1, -0.05) is 0 Å². The van der Waals surface area contributed by atoms with E-state index in [4.69, 9.17) is 5.11 Å². The minimum Gasteiger partial charge on any atom is -0.395 e. The number of amides is 1. The monoisotopic (exact) mass is 360 g/mol. The number of nitro groups is 1. The van der Waals surface area contributed by atoms with E-state index in [2.05, 4.69) is 10.0 Å². The Hall–Kier alpha value is -2.08. The molecule has 0 aliphatic heterocycles. The number of carbonyl (C=O) groups is 1. The molecule has 0 spiro atoms. The Kier molecular flexibility index (Phi) is 7.22. The second-order valence-corrected chi connectivity index (χ2v) is 6.85. The lowest BCUT2D eigenvalue weighted by atomic mass is 10.2. The molecule has 0 bridgehead atoms. The molecule has 0 heterocycles. The summed E-state index contributed by atoms with van der Waals surface area (Å²) in [5, 5.41) is 21.9. The average Bonchev–Trinajstić information content (AvgIpc) is 2.51. The summed E-state index contributed by atoms with van der Waals surface area (Å²) in [6.45, 7) is 0.112. The lowest BCUT2D eigenvalue weighted by molar-refractivity contribution is -0.385. The molecule has 1 rings (SSSR count). The van der Waals surface area contributed by atoms with Gasteiger partial charge in [-0.25, -0.2) is 13.1 Å². The molecule has 0 saturated carbocycles. The molecule has 0 fully saturated rings. The zero-order chi connectivity index (χ0) is 18.3. The van der Waals surface area contributed by atoms with Crippen molar-refractivity contribution < 1.29 is 23.2 Å². The van der Waals surface area contributed by atoms with E-state index in [1.54, 1.807) is 19.0 Å². The molecule has 1 amide bonds. The van der Waals surface area contributed by atoms with Crippen LogP contribution in [-0.2, 0) is 10.0 Å². The van der Waals surface area contributed by atoms with E-state index in [0.717, 1.165) is 18.2 Å². The van der Waals surface area contributed by atoms with Crippen molar-refractivity contribution in [1.82, 2.24) is 14.9 Å². The van der Waals surface area contributed by atoms with Crippen molar-refractivity contribution in [2.45, 2.75) is 4.90 Å². The van der Waals surface area contributed by atoms with Gasteiger partial charge in [0.05, 0.1) is 17.1 Å². The molecular weight excluding hydrogens is 340 g/mol. The summed E-state index contributed by atoms with van der Waals surface area (Å²) in [7, 11) is -0.598. The van der Waals surface area contributed by atoms with Crippen LogP contribution in [0.2, 0.25) is 0 Å². The van der Waals surface area contributed by atoms with Crippen molar-refractivity contribution in [2.75, 3.05) is 40.3 Å². The van der Waals surface area contributed by atoms with Crippen LogP contribution in [0, 0.1) is 10.1 Å². The Morgan fingerprint density at radius 1 is 1.33 bits per heavy atom. The molecule has 0 aliphatic carbocycles. The van der Waals surface area contributed by atoms with Gasteiger partial charge in [0, 0.05) is 31.8 Å². The summed E-state index contributed by atoms with van der Waals surface area (Å²) in [4.78, 5) is 23.5. The number of hydrogen-bond donors (Lipinski definition) is 3. The number of nitrogens with zero attached hydrogens (tertiary/aromatic N) is 2. The Morgan fingerprint density at radius 2 is 2.00 bits per heavy atom. The number of carbonyl (C=O) groups excluding carboxylic acids is 1. The Balaban J connectivity index is 3.22. The maximum absolute atomic E-state index is 12.4. The van der Waals surface area contributed by atoms with Crippen LogP contribution in [0.3, 0.4) is 0 Å². The molecule has 1 aromatic carbocycles. The van der Waals surface area contributed by atoms with Gasteiger partial charge in [-0.05, 0) is 20.2 Å². The van der Waals surface area contributed by atoms with Gasteiger partial charge in [-0.2, -0.15) is 0 Å². The molecule has 10 nitrogen and oxygen atoms in total. The number of non-ortho nitro benzene ring substituents is 1. The van der Waals surface area contributed by atoms with Crippen LogP contribution in [0.4, 0.5) is 5.69 Å². The SMILES string of the molecule is CN(C)CCNS(=O)(=O)c1cc([N+](=O)[O-])ccc1C(=O)NCCO. The largest absolute Gasteiger partial charge is 0.395 e. The number of benzene rings is 1. The van der Waals surface area contributed by atoms with Gasteiger partial charge < -0.3 is 15.3 Å². The summed E-state index contributed by atoms with van der Waals surface area (Å²) < 4.78 is 27.1. The van der Waals surface area contributed by atoms with Crippen molar-refractivity contribution in [3.63, 3.8) is 0 Å². The first-order chi connectivity index (χ1) is 11.2. The number of sulfonamides is 1. The van der Waals surface area contributed by atoms with Crippen molar-refractivity contribution in [2.24, 2.45) is 0 Å². The molecular formula is C13H20N4O6S. The van der Waals surface area contributed by atoms with E-state index in [1.807, 2.05) is 0 Å². The highest BCUT2D eigenvalue weighted by Gasteiger charge is 2.25. The number of nitrogens with one attached hydrogen (secondary N) is 2. The number of aliphatic hydroxyl groups is 1. The van der Waals surface area contributed by atoms with Gasteiger partial charge in [-0.15, -0.1) is 0 Å². The van der Waals surface area contributed by atoms with Gasteiger partial charge in [0.2, 0.25) is 10.0 Å². The molecule has 0 unspecified atom stereocenters. The van der Waals surface area contributed by atoms with E-state index in [-0.39, 0.29) is 25.3 Å². The molecule has 1 aromatic rings. The van der Waals surface area contributed by atoms with Crippen molar-refractivity contribution in [3.8, 4) is 0 Å². The molecule has 24 heavy (non-hydrogen) atoms. The van der Waals surface area contributed by atoms with Crippen LogP contribution in [0.15, 0.2) is 23.1 Å². The molecule has 134 valence electrons. The van der Waals surface area contributed by atoms with Crippen molar-refractivity contribution in [1.29, 1.82) is 0 Å². The van der Waals surface area contributed by atoms with Crippen LogP contribution in [0.25, 0.3) is 0 Å². The highest BCUT2D eigenvalue weighted by atomic mass is 32.2. The normalized spacial score (nSPS) is 11.5. The zero-order valence-corrected chi connectivity index (χ0v) is 14.2. The molecule has 0 aromatic heterocycles. The van der Waals surface area contributed by atoms with E-state index in [1.165, 1.54) is 0 Å². The predicted molar refractivity (Wildman–Crippen MR) is 86.3 cm³/mol. The van der Waals surface area contributed by atoms with Crippen LogP contribution >= 0.6 is 0 Å². The topological polar surface area (TPSA) is 142 Å². The van der Waals surface area contributed by atoms with Gasteiger partial charge in [0.25, 0.3) is 11.6 Å². The molecule has 0 aliphatic rings. The molecule has 0 saturated heterocycles. The van der Waals surface area contributed by atoms with Gasteiger partial charge in [0.1, 0.15) is 4.90 Å². The van der Waals surface area contributed by atoms with Crippen LogP contribution in [0.1, 0.15) is 10.4 Å². The fourth-order valence-corrected chi connectivity index (χ4v) is 3.02. The Bertz CT molecular complexity index is 704. The number of hydrogen-bond acceptors (Lipinski definition) is 7. The number of nitro benzene ring substituents is 1. The summed E-state index contributed by atoms with van der Waals surface area (Å²) >= 11 is 0. The number of aliphatic hydroxyl groups excluding tert-OH is 1. The van der Waals surface area contributed by atoms with E-state index < -0.39 is 31.4 Å². The summed E-state index contributed by atoms with van der Waals surface area (Å²) in [5.41, 5.74) is -0.673. The average molecular weight is 360 g/mol. The fourth-order valence-electron chi connectivity index (χ4n) is 1.78. The van der Waals surface area contributed by atoms with Crippen LogP contribution < -0.4 is 10.0 Å². The smallest absolute Gasteiger partial charge is 0.270 e. The molecule has 0 atom stereocenters. The lowest BCUT2D eigenvalue weighted by Crippen LogP contribution is -2.34. The summed E-state index contributed by atoms with van der Waals surface area (Å²) in [5.74, 6) is -0.744. The maximum atomic E-state index is 12.4. The van der Waals surface area contributed by atoms with Gasteiger partial charge in [-0.3, -0.25) is 14.9 Å². The molecule has 3 N–H and O–H groups in total. The predicted octanol–water partition coefficient (Wildman–Crippen LogP) is -0.843. The Morgan fingerprint density at radius 3 is 2.54 bits per heavy atom. The second kappa shape index (κ2) is 8.68. The number of likely N-dealkylation sites (N-methyl/N-ethyl adjacent to an activating group) is 1. The first-order valence-corrected chi connectivity index (χ1v) is 8.49. The van der Waals surface area contributed by atoms with E-state index in [0.29, 0.717) is 6.54 Å². The quantitative estimate of drug-likeness (QED) is 0.385. The van der Waals surface area contributed by atoms with Crippen molar-refractivity contribution >= 4 is 21.6 Å². The summed E-state index contributed by atoms with van der Waals surface area (Å²) in [6.07, 6.45) is 0. The minimum atomic E-state index is -4.12. The van der Waals surface area contributed by atoms with Crippen LogP contribution in [0.5, 0.6) is 0 Å². The highest BCUT2D eigenvalue weighted by Crippen LogP contribution is 2.22. The third-order valence-electron chi connectivity index (χ3n) is 2.96. The Labute approximate surface area is 139 Å². The van der Waals surface area contributed by atoms with Gasteiger partial charge >= 0.3 is 0 Å². The van der Waals surface area contributed by atoms with Gasteiger partial charge in [0.15, 0.2) is 0 Å². The fraction of sp³-hybridized carbons (Fsp3) is 0.462. The second-order valence-electron chi connectivity index (χ2n) is 5.12.